The van der Waals surface area contributed by atoms with E-state index in [1.165, 1.54) is 39.4 Å². The molecule has 0 N–H and O–H groups in total. The van der Waals surface area contributed by atoms with Gasteiger partial charge in [0.2, 0.25) is 5.71 Å². The van der Waals surface area contributed by atoms with E-state index in [1.807, 2.05) is 24.5 Å². The van der Waals surface area contributed by atoms with Crippen LogP contribution in [0.1, 0.15) is 51.7 Å². The van der Waals surface area contributed by atoms with Gasteiger partial charge >= 0.3 is 0 Å². The summed E-state index contributed by atoms with van der Waals surface area (Å²) in [7, 11) is 8.56. The number of rotatable bonds is 2. The summed E-state index contributed by atoms with van der Waals surface area (Å²) in [5.74, 6) is 2.11. The maximum Gasteiger partial charge on any atom is 0.205 e. The Bertz CT molecular complexity index is 1280. The fourth-order valence-corrected chi connectivity index (χ4v) is 6.26. The Labute approximate surface area is 215 Å². The Hall–Kier alpha value is -3.47. The van der Waals surface area contributed by atoms with Crippen LogP contribution in [0.4, 0.5) is 11.6 Å². The number of fused-ring (bicyclic) bond motifs is 2. The predicted octanol–water partition coefficient (Wildman–Crippen LogP) is 5.76. The number of pyridine rings is 2. The molecule has 186 valence electrons. The van der Waals surface area contributed by atoms with E-state index in [0.717, 1.165) is 24.5 Å². The van der Waals surface area contributed by atoms with Crippen LogP contribution in [0.15, 0.2) is 83.5 Å². The minimum atomic E-state index is -0.0724. The van der Waals surface area contributed by atoms with E-state index >= 15 is 0 Å². The first-order chi connectivity index (χ1) is 17.0. The highest BCUT2D eigenvalue weighted by Gasteiger charge is 2.40. The fraction of sp³-hybridized carbons (Fsp3) is 0.387. The van der Waals surface area contributed by atoms with Crippen molar-refractivity contribution >= 4 is 17.3 Å². The van der Waals surface area contributed by atoms with Crippen molar-refractivity contribution in [1.82, 2.24) is 9.97 Å². The quantitative estimate of drug-likeness (QED) is 0.512. The predicted molar refractivity (Wildman–Crippen MR) is 150 cm³/mol. The van der Waals surface area contributed by atoms with Gasteiger partial charge in [0.15, 0.2) is 0 Å². The lowest BCUT2D eigenvalue weighted by Gasteiger charge is -2.23. The van der Waals surface area contributed by atoms with Gasteiger partial charge in [0.1, 0.15) is 25.7 Å². The number of aromatic nitrogens is 2. The van der Waals surface area contributed by atoms with Gasteiger partial charge in [-0.1, -0.05) is 52.0 Å². The van der Waals surface area contributed by atoms with Gasteiger partial charge in [-0.2, -0.15) is 0 Å². The first-order valence-corrected chi connectivity index (χ1v) is 12.8. The Morgan fingerprint density at radius 2 is 1.14 bits per heavy atom. The molecule has 0 radical (unpaired) electrons. The van der Waals surface area contributed by atoms with Gasteiger partial charge in [-0.3, -0.25) is 0 Å². The minimum Gasteiger partial charge on any atom is -0.332 e. The largest absolute Gasteiger partial charge is 0.332 e. The van der Waals surface area contributed by atoms with E-state index in [1.54, 1.807) is 0 Å². The fourth-order valence-electron chi connectivity index (χ4n) is 6.26. The van der Waals surface area contributed by atoms with Crippen molar-refractivity contribution in [3.05, 3.63) is 94.6 Å². The van der Waals surface area contributed by atoms with Crippen LogP contribution in [0.5, 0.6) is 0 Å². The molecule has 0 spiro atoms. The molecule has 5 nitrogen and oxygen atoms in total. The SMILES string of the molecule is CN1C(=CC=C2CC/C(=C\C=C3\N(C)c4ncccc4C3(C)C)C2=[N+](C)C)C(C)(C)c2cccnc21. The molecule has 0 amide bonds. The highest BCUT2D eigenvalue weighted by Crippen LogP contribution is 2.47. The number of hydrogen-bond acceptors (Lipinski definition) is 4. The average Bonchev–Trinajstić information content (AvgIpc) is 3.40. The van der Waals surface area contributed by atoms with Gasteiger partial charge in [-0.25, -0.2) is 14.5 Å². The third-order valence-electron chi connectivity index (χ3n) is 8.16. The second-order valence-corrected chi connectivity index (χ2v) is 11.3. The van der Waals surface area contributed by atoms with E-state index in [9.17, 15) is 0 Å². The molecule has 5 rings (SSSR count). The summed E-state index contributed by atoms with van der Waals surface area (Å²) in [5.41, 5.74) is 9.07. The first-order valence-electron chi connectivity index (χ1n) is 12.8. The lowest BCUT2D eigenvalue weighted by molar-refractivity contribution is -0.463. The Kier molecular flexibility index (Phi) is 5.77. The van der Waals surface area contributed by atoms with E-state index in [-0.39, 0.29) is 10.8 Å². The molecule has 36 heavy (non-hydrogen) atoms. The molecule has 1 aliphatic carbocycles. The van der Waals surface area contributed by atoms with Crippen molar-refractivity contribution in [3.8, 4) is 0 Å². The summed E-state index contributed by atoms with van der Waals surface area (Å²) in [6.45, 7) is 9.15. The highest BCUT2D eigenvalue weighted by atomic mass is 15.2. The van der Waals surface area contributed by atoms with Crippen molar-refractivity contribution in [2.24, 2.45) is 0 Å². The molecule has 1 saturated carbocycles. The number of anilines is 2. The van der Waals surface area contributed by atoms with Crippen molar-refractivity contribution in [2.45, 2.75) is 51.4 Å². The molecule has 0 aromatic carbocycles. The van der Waals surface area contributed by atoms with Gasteiger partial charge in [0.25, 0.3) is 0 Å². The summed E-state index contributed by atoms with van der Waals surface area (Å²) in [5, 5.41) is 0. The van der Waals surface area contributed by atoms with Crippen LogP contribution in [0.2, 0.25) is 0 Å². The zero-order valence-corrected chi connectivity index (χ0v) is 22.9. The molecular weight excluding hydrogens is 442 g/mol. The van der Waals surface area contributed by atoms with Crippen molar-refractivity contribution in [2.75, 3.05) is 38.0 Å². The first kappa shape index (κ1) is 24.2. The highest BCUT2D eigenvalue weighted by molar-refractivity contribution is 6.11. The van der Waals surface area contributed by atoms with Crippen LogP contribution in [0.3, 0.4) is 0 Å². The van der Waals surface area contributed by atoms with Gasteiger partial charge < -0.3 is 9.80 Å². The number of nitrogens with zero attached hydrogens (tertiary/aromatic N) is 5. The summed E-state index contributed by atoms with van der Waals surface area (Å²) in [4.78, 5) is 13.8. The molecule has 2 aliphatic heterocycles. The lowest BCUT2D eigenvalue weighted by Crippen LogP contribution is -2.23. The van der Waals surface area contributed by atoms with E-state index in [4.69, 9.17) is 0 Å². The van der Waals surface area contributed by atoms with Crippen molar-refractivity contribution < 1.29 is 4.58 Å². The molecule has 4 heterocycles. The zero-order valence-electron chi connectivity index (χ0n) is 22.9. The molecule has 5 heteroatoms. The van der Waals surface area contributed by atoms with Gasteiger partial charge in [-0.15, -0.1) is 0 Å². The zero-order chi connectivity index (χ0) is 25.8. The van der Waals surface area contributed by atoms with Crippen LogP contribution in [0.25, 0.3) is 0 Å². The molecule has 2 aromatic heterocycles. The molecule has 2 aromatic rings. The number of allylic oxidation sites excluding steroid dienone is 8. The standard InChI is InChI=1S/C31H38N5/c1-30(2)23-11-9-19-32-28(23)35(7)25(30)17-15-21-13-14-22(27(21)34(5)6)16-18-26-31(3,4)24-12-10-20-33-29(24)36(26)8/h9-12,15-20H,13-14H2,1-8H3/q+1. The molecule has 0 saturated heterocycles. The minimum absolute atomic E-state index is 0.0724. The van der Waals surface area contributed by atoms with Crippen molar-refractivity contribution in [3.63, 3.8) is 0 Å². The summed E-state index contributed by atoms with van der Waals surface area (Å²) in [6, 6.07) is 8.47. The maximum absolute atomic E-state index is 4.64. The summed E-state index contributed by atoms with van der Waals surface area (Å²) in [6.07, 6.45) is 15.1. The van der Waals surface area contributed by atoms with Gasteiger partial charge in [0.05, 0.1) is 0 Å². The van der Waals surface area contributed by atoms with Crippen LogP contribution >= 0.6 is 0 Å². The van der Waals surface area contributed by atoms with Crippen LogP contribution in [-0.2, 0) is 10.8 Å². The van der Waals surface area contributed by atoms with Gasteiger partial charge in [0, 0.05) is 71.0 Å². The summed E-state index contributed by atoms with van der Waals surface area (Å²) >= 11 is 0. The maximum atomic E-state index is 4.64. The Morgan fingerprint density at radius 1 is 0.722 bits per heavy atom. The third kappa shape index (κ3) is 3.64. The number of hydrogen-bond donors (Lipinski definition) is 0. The van der Waals surface area contributed by atoms with Crippen LogP contribution in [-0.4, -0.2) is 48.4 Å². The van der Waals surface area contributed by atoms with E-state index in [0.29, 0.717) is 0 Å². The second-order valence-electron chi connectivity index (χ2n) is 11.3. The third-order valence-corrected chi connectivity index (χ3v) is 8.16. The lowest BCUT2D eigenvalue weighted by atomic mass is 9.84. The molecule has 0 atom stereocenters. The summed E-state index contributed by atoms with van der Waals surface area (Å²) < 4.78 is 2.27. The second kappa shape index (κ2) is 8.58. The molecule has 1 fully saturated rings. The van der Waals surface area contributed by atoms with Crippen LogP contribution < -0.4 is 9.80 Å². The normalized spacial score (nSPS) is 24.4. The average molecular weight is 481 g/mol. The Balaban J connectivity index is 1.48. The molecule has 0 unspecified atom stereocenters. The smallest absolute Gasteiger partial charge is 0.205 e. The van der Waals surface area contributed by atoms with E-state index < -0.39 is 0 Å². The van der Waals surface area contributed by atoms with E-state index in [2.05, 4.69) is 117 Å². The van der Waals surface area contributed by atoms with Crippen LogP contribution in [0, 0.1) is 0 Å². The monoisotopic (exact) mass is 480 g/mol. The van der Waals surface area contributed by atoms with Gasteiger partial charge in [-0.05, 0) is 37.1 Å². The van der Waals surface area contributed by atoms with Crippen molar-refractivity contribution in [1.29, 1.82) is 0 Å². The molecule has 3 aliphatic rings. The number of likely N-dealkylation sites (N-methyl/N-ethyl adjacent to an activating group) is 2. The Morgan fingerprint density at radius 3 is 1.50 bits per heavy atom. The molecular formula is C31H38N5+. The topological polar surface area (TPSA) is 35.3 Å². The molecule has 0 bridgehead atoms.